The van der Waals surface area contributed by atoms with E-state index in [0.717, 1.165) is 12.1 Å². The van der Waals surface area contributed by atoms with Gasteiger partial charge >= 0.3 is 6.09 Å². The fourth-order valence-electron chi connectivity index (χ4n) is 2.95. The number of hydrogen-bond acceptors (Lipinski definition) is 5. The van der Waals surface area contributed by atoms with Crippen LogP contribution >= 0.6 is 0 Å². The summed E-state index contributed by atoms with van der Waals surface area (Å²) in [5, 5.41) is 9.01. The van der Waals surface area contributed by atoms with Gasteiger partial charge in [0.05, 0.1) is 4.90 Å². The van der Waals surface area contributed by atoms with Gasteiger partial charge in [0.15, 0.2) is 9.84 Å². The first kappa shape index (κ1) is 19.2. The molecule has 0 unspecified atom stereocenters. The molecule has 0 saturated carbocycles. The molecule has 0 aliphatic carbocycles. The van der Waals surface area contributed by atoms with Crippen molar-refractivity contribution in [3.8, 4) is 11.5 Å². The van der Waals surface area contributed by atoms with Crippen LogP contribution in [-0.4, -0.2) is 61.9 Å². The van der Waals surface area contributed by atoms with Crippen LogP contribution in [0.15, 0.2) is 53.4 Å². The van der Waals surface area contributed by atoms with Crippen LogP contribution in [0.3, 0.4) is 0 Å². The summed E-state index contributed by atoms with van der Waals surface area (Å²) in [6.07, 6.45) is 0.301. The summed E-state index contributed by atoms with van der Waals surface area (Å²) in [6, 6.07) is 14.0. The lowest BCUT2D eigenvalue weighted by Crippen LogP contribution is -2.47. The van der Waals surface area contributed by atoms with E-state index in [1.54, 1.807) is 12.1 Å². The third-order valence-electron chi connectivity index (χ3n) is 4.44. The Hall–Kier alpha value is -2.58. The third kappa shape index (κ3) is 5.21. The highest BCUT2D eigenvalue weighted by Crippen LogP contribution is 2.24. The molecule has 7 nitrogen and oxygen atoms in total. The number of rotatable bonds is 5. The molecule has 1 saturated heterocycles. The molecule has 8 heteroatoms. The number of piperazine rings is 1. The monoisotopic (exact) mass is 390 g/mol. The molecule has 0 bridgehead atoms. The number of ether oxygens (including phenoxy) is 1. The van der Waals surface area contributed by atoms with Crippen LogP contribution in [0.4, 0.5) is 4.79 Å². The van der Waals surface area contributed by atoms with Crippen LogP contribution in [0.2, 0.25) is 0 Å². The van der Waals surface area contributed by atoms with Crippen LogP contribution < -0.4 is 4.74 Å². The van der Waals surface area contributed by atoms with Crippen molar-refractivity contribution in [3.05, 3.63) is 54.1 Å². The van der Waals surface area contributed by atoms with Gasteiger partial charge in [0.25, 0.3) is 0 Å². The molecule has 0 aromatic heterocycles. The highest BCUT2D eigenvalue weighted by molar-refractivity contribution is 7.90. The summed E-state index contributed by atoms with van der Waals surface area (Å²) in [5.41, 5.74) is 1.07. The van der Waals surface area contributed by atoms with Crippen molar-refractivity contribution in [1.29, 1.82) is 0 Å². The second kappa shape index (κ2) is 7.98. The van der Waals surface area contributed by atoms with E-state index < -0.39 is 15.9 Å². The van der Waals surface area contributed by atoms with Crippen LogP contribution in [0.5, 0.6) is 11.5 Å². The molecule has 1 heterocycles. The number of benzene rings is 2. The van der Waals surface area contributed by atoms with Gasteiger partial charge in [0, 0.05) is 39.0 Å². The molecular formula is C19H22N2O5S. The van der Waals surface area contributed by atoms with Crippen LogP contribution in [-0.2, 0) is 16.4 Å². The van der Waals surface area contributed by atoms with Crippen molar-refractivity contribution >= 4 is 15.9 Å². The van der Waals surface area contributed by atoms with Crippen LogP contribution in [0.25, 0.3) is 0 Å². The topological polar surface area (TPSA) is 87.2 Å². The normalized spacial score (nSPS) is 15.5. The maximum Gasteiger partial charge on any atom is 0.407 e. The fraction of sp³-hybridized carbons (Fsp3) is 0.316. The number of nitrogens with zero attached hydrogens (tertiary/aromatic N) is 2. The minimum atomic E-state index is -3.23. The Morgan fingerprint density at radius 1 is 1.04 bits per heavy atom. The van der Waals surface area contributed by atoms with E-state index in [4.69, 9.17) is 9.84 Å². The molecule has 3 rings (SSSR count). The fourth-order valence-corrected chi connectivity index (χ4v) is 3.58. The molecule has 1 aliphatic heterocycles. The van der Waals surface area contributed by atoms with E-state index in [-0.39, 0.29) is 4.90 Å². The number of sulfone groups is 1. The lowest BCUT2D eigenvalue weighted by atomic mass is 10.2. The highest BCUT2D eigenvalue weighted by atomic mass is 32.2. The number of hydrogen-bond donors (Lipinski definition) is 1. The maximum absolute atomic E-state index is 11.5. The minimum absolute atomic E-state index is 0.254. The Morgan fingerprint density at radius 2 is 1.70 bits per heavy atom. The van der Waals surface area contributed by atoms with Gasteiger partial charge in [-0.2, -0.15) is 0 Å². The Morgan fingerprint density at radius 3 is 2.30 bits per heavy atom. The Labute approximate surface area is 158 Å². The van der Waals surface area contributed by atoms with Gasteiger partial charge in [-0.15, -0.1) is 0 Å². The van der Waals surface area contributed by atoms with Crippen molar-refractivity contribution in [2.45, 2.75) is 11.4 Å². The Bertz CT molecular complexity index is 904. The molecule has 144 valence electrons. The van der Waals surface area contributed by atoms with Crippen molar-refractivity contribution in [3.63, 3.8) is 0 Å². The third-order valence-corrected chi connectivity index (χ3v) is 5.56. The van der Waals surface area contributed by atoms with Gasteiger partial charge in [0.2, 0.25) is 0 Å². The Balaban J connectivity index is 1.61. The minimum Gasteiger partial charge on any atom is -0.465 e. The quantitative estimate of drug-likeness (QED) is 0.845. The first-order valence-electron chi connectivity index (χ1n) is 8.58. The molecule has 1 amide bonds. The summed E-state index contributed by atoms with van der Waals surface area (Å²) in [4.78, 5) is 14.9. The van der Waals surface area contributed by atoms with Crippen molar-refractivity contribution in [1.82, 2.24) is 9.80 Å². The van der Waals surface area contributed by atoms with Gasteiger partial charge in [-0.1, -0.05) is 12.1 Å². The van der Waals surface area contributed by atoms with E-state index in [2.05, 4.69) is 4.90 Å². The second-order valence-corrected chi connectivity index (χ2v) is 8.55. The zero-order valence-corrected chi connectivity index (χ0v) is 15.9. The summed E-state index contributed by atoms with van der Waals surface area (Å²) >= 11 is 0. The van der Waals surface area contributed by atoms with E-state index in [1.807, 2.05) is 24.3 Å². The predicted molar refractivity (Wildman–Crippen MR) is 101 cm³/mol. The molecule has 2 aromatic carbocycles. The first-order valence-corrected chi connectivity index (χ1v) is 10.5. The van der Waals surface area contributed by atoms with Gasteiger partial charge < -0.3 is 14.7 Å². The summed E-state index contributed by atoms with van der Waals surface area (Å²) in [6.45, 7) is 3.14. The van der Waals surface area contributed by atoms with E-state index in [0.29, 0.717) is 37.7 Å². The number of amides is 1. The van der Waals surface area contributed by atoms with E-state index in [1.165, 1.54) is 23.3 Å². The van der Waals surface area contributed by atoms with Crippen molar-refractivity contribution in [2.75, 3.05) is 32.4 Å². The predicted octanol–water partition coefficient (Wildman–Crippen LogP) is 2.68. The zero-order chi connectivity index (χ0) is 19.4. The number of carboxylic acid groups (broad SMARTS) is 1. The standard InChI is InChI=1S/C19H22N2O5S/c1-27(24,25)18-7-5-16(6-8-18)26-17-4-2-3-15(13-17)14-20-9-11-21(12-10-20)19(22)23/h2-8,13H,9-12,14H2,1H3,(H,22,23). The second-order valence-electron chi connectivity index (χ2n) is 6.54. The van der Waals surface area contributed by atoms with Gasteiger partial charge in [-0.3, -0.25) is 4.90 Å². The lowest BCUT2D eigenvalue weighted by molar-refractivity contribution is 0.103. The van der Waals surface area contributed by atoms with Gasteiger partial charge in [0.1, 0.15) is 11.5 Å². The number of carbonyl (C=O) groups is 1. The molecule has 1 aliphatic rings. The molecular weight excluding hydrogens is 368 g/mol. The first-order chi connectivity index (χ1) is 12.8. The summed E-state index contributed by atoms with van der Waals surface area (Å²) < 4.78 is 28.9. The zero-order valence-electron chi connectivity index (χ0n) is 15.0. The van der Waals surface area contributed by atoms with Gasteiger partial charge in [-0.25, -0.2) is 13.2 Å². The smallest absolute Gasteiger partial charge is 0.407 e. The summed E-state index contributed by atoms with van der Waals surface area (Å²) in [7, 11) is -3.23. The summed E-state index contributed by atoms with van der Waals surface area (Å²) in [5.74, 6) is 1.23. The molecule has 0 radical (unpaired) electrons. The molecule has 1 N–H and O–H groups in total. The average Bonchev–Trinajstić information content (AvgIpc) is 2.62. The van der Waals surface area contributed by atoms with Gasteiger partial charge in [-0.05, 0) is 42.0 Å². The highest BCUT2D eigenvalue weighted by Gasteiger charge is 2.20. The van der Waals surface area contributed by atoms with Crippen molar-refractivity contribution in [2.24, 2.45) is 0 Å². The van der Waals surface area contributed by atoms with E-state index >= 15 is 0 Å². The molecule has 0 atom stereocenters. The molecule has 27 heavy (non-hydrogen) atoms. The largest absolute Gasteiger partial charge is 0.465 e. The Kier molecular flexibility index (Phi) is 5.67. The SMILES string of the molecule is CS(=O)(=O)c1ccc(Oc2cccc(CN3CCN(C(=O)O)CC3)c2)cc1. The average molecular weight is 390 g/mol. The van der Waals surface area contributed by atoms with Crippen LogP contribution in [0.1, 0.15) is 5.56 Å². The van der Waals surface area contributed by atoms with E-state index in [9.17, 15) is 13.2 Å². The lowest BCUT2D eigenvalue weighted by Gasteiger charge is -2.33. The molecule has 1 fully saturated rings. The van der Waals surface area contributed by atoms with Crippen LogP contribution in [0, 0.1) is 0 Å². The molecule has 2 aromatic rings. The molecule has 0 spiro atoms. The van der Waals surface area contributed by atoms with Crippen molar-refractivity contribution < 1.29 is 23.1 Å². The maximum atomic E-state index is 11.5.